The lowest BCUT2D eigenvalue weighted by Gasteiger charge is -2.27. The van der Waals surface area contributed by atoms with Crippen LogP contribution in [-0.4, -0.2) is 54.8 Å². The number of benzene rings is 6. The minimum Gasteiger partial charge on any atom is -0.368 e. The van der Waals surface area contributed by atoms with E-state index in [0.29, 0.717) is 12.8 Å². The number of hydrogen-bond donors (Lipinski definition) is 5. The van der Waals surface area contributed by atoms with Crippen LogP contribution in [0, 0.1) is 5.92 Å². The van der Waals surface area contributed by atoms with Crippen molar-refractivity contribution in [3.8, 4) is 0 Å². The van der Waals surface area contributed by atoms with Gasteiger partial charge in [0.2, 0.25) is 23.6 Å². The molecule has 6 N–H and O–H groups in total. The van der Waals surface area contributed by atoms with Gasteiger partial charge in [0, 0.05) is 25.2 Å². The molecule has 9 nitrogen and oxygen atoms in total. The first-order valence-corrected chi connectivity index (χ1v) is 18.6. The maximum atomic E-state index is 14.4. The molecule has 0 aliphatic carbocycles. The Kier molecular flexibility index (Phi) is 11.3. The van der Waals surface area contributed by atoms with Crippen LogP contribution in [0.15, 0.2) is 127 Å². The molecular formula is C45H45N5O4. The Bertz CT molecular complexity index is 2320. The van der Waals surface area contributed by atoms with E-state index in [-0.39, 0.29) is 31.1 Å². The van der Waals surface area contributed by atoms with E-state index in [0.717, 1.165) is 62.1 Å². The lowest BCUT2D eigenvalue weighted by Crippen LogP contribution is -2.58. The third-order valence-electron chi connectivity index (χ3n) is 10.4. The summed E-state index contributed by atoms with van der Waals surface area (Å²) >= 11 is 0. The summed E-state index contributed by atoms with van der Waals surface area (Å²) in [6.45, 7) is 1.46. The summed E-state index contributed by atoms with van der Waals surface area (Å²) in [7, 11) is 0. The molecule has 4 amide bonds. The number of nitrogens with one attached hydrogen (secondary N) is 4. The molecule has 6 aromatic carbocycles. The molecule has 1 aliphatic rings. The smallest absolute Gasteiger partial charge is 0.243 e. The maximum Gasteiger partial charge on any atom is 0.243 e. The van der Waals surface area contributed by atoms with Gasteiger partial charge in [0.05, 0.1) is 0 Å². The second-order valence-corrected chi connectivity index (χ2v) is 14.3. The van der Waals surface area contributed by atoms with E-state index >= 15 is 0 Å². The lowest BCUT2D eigenvalue weighted by atomic mass is 9.95. The average Bonchev–Trinajstić information content (AvgIpc) is 3.20. The number of rotatable bonds is 13. The minimum atomic E-state index is -1.08. The molecular weight excluding hydrogens is 675 g/mol. The summed E-state index contributed by atoms with van der Waals surface area (Å²) in [5, 5.41) is 18.4. The highest BCUT2D eigenvalue weighted by Crippen LogP contribution is 2.21. The minimum absolute atomic E-state index is 0.148. The first-order valence-electron chi connectivity index (χ1n) is 18.6. The third-order valence-corrected chi connectivity index (χ3v) is 10.4. The molecule has 0 bridgehead atoms. The molecule has 1 fully saturated rings. The fraction of sp³-hybridized carbons (Fsp3) is 0.244. The Hall–Kier alpha value is -6.06. The maximum absolute atomic E-state index is 14.4. The molecule has 0 unspecified atom stereocenters. The van der Waals surface area contributed by atoms with Crippen LogP contribution in [0.1, 0.15) is 29.5 Å². The average molecular weight is 720 g/mol. The number of carbonyl (C=O) groups excluding carboxylic acids is 4. The Balaban J connectivity index is 1.16. The van der Waals surface area contributed by atoms with E-state index in [9.17, 15) is 19.2 Å². The van der Waals surface area contributed by atoms with Crippen molar-refractivity contribution in [2.75, 3.05) is 13.1 Å². The molecule has 54 heavy (non-hydrogen) atoms. The van der Waals surface area contributed by atoms with E-state index in [1.54, 1.807) is 0 Å². The zero-order valence-electron chi connectivity index (χ0n) is 30.1. The topological polar surface area (TPSA) is 142 Å². The van der Waals surface area contributed by atoms with Crippen LogP contribution in [0.25, 0.3) is 32.3 Å². The van der Waals surface area contributed by atoms with Crippen LogP contribution < -0.4 is 27.0 Å². The van der Waals surface area contributed by atoms with Gasteiger partial charge in [-0.2, -0.15) is 0 Å². The zero-order chi connectivity index (χ0) is 37.4. The van der Waals surface area contributed by atoms with Crippen molar-refractivity contribution in [3.63, 3.8) is 0 Å². The first-order chi connectivity index (χ1) is 26.3. The molecule has 0 spiro atoms. The normalized spacial score (nSPS) is 15.0. The van der Waals surface area contributed by atoms with E-state index in [2.05, 4.69) is 21.3 Å². The van der Waals surface area contributed by atoms with Crippen LogP contribution in [0.5, 0.6) is 0 Å². The highest BCUT2D eigenvalue weighted by atomic mass is 16.2. The van der Waals surface area contributed by atoms with Gasteiger partial charge in [0.1, 0.15) is 18.1 Å². The van der Waals surface area contributed by atoms with Gasteiger partial charge >= 0.3 is 0 Å². The Morgan fingerprint density at radius 1 is 0.519 bits per heavy atom. The summed E-state index contributed by atoms with van der Waals surface area (Å²) < 4.78 is 0. The summed E-state index contributed by atoms with van der Waals surface area (Å²) in [4.78, 5) is 55.0. The summed E-state index contributed by atoms with van der Waals surface area (Å²) in [6, 6.07) is 38.5. The van der Waals surface area contributed by atoms with Gasteiger partial charge in [-0.15, -0.1) is 0 Å². The van der Waals surface area contributed by atoms with Crippen LogP contribution in [0.4, 0.5) is 0 Å². The van der Waals surface area contributed by atoms with Crippen molar-refractivity contribution in [2.24, 2.45) is 11.7 Å². The molecule has 0 saturated carbocycles. The van der Waals surface area contributed by atoms with Gasteiger partial charge in [0.15, 0.2) is 0 Å². The Morgan fingerprint density at radius 3 is 1.31 bits per heavy atom. The highest BCUT2D eigenvalue weighted by molar-refractivity contribution is 5.95. The Labute approximate surface area is 314 Å². The second-order valence-electron chi connectivity index (χ2n) is 14.3. The van der Waals surface area contributed by atoms with Crippen LogP contribution in [-0.2, 0) is 38.4 Å². The van der Waals surface area contributed by atoms with Gasteiger partial charge < -0.3 is 27.0 Å². The van der Waals surface area contributed by atoms with Crippen molar-refractivity contribution in [3.05, 3.63) is 144 Å². The van der Waals surface area contributed by atoms with Gasteiger partial charge in [-0.3, -0.25) is 19.2 Å². The third kappa shape index (κ3) is 8.93. The van der Waals surface area contributed by atoms with Gasteiger partial charge in [-0.25, -0.2) is 0 Å². The number of carbonyl (C=O) groups is 4. The van der Waals surface area contributed by atoms with Crippen LogP contribution >= 0.6 is 0 Å². The molecule has 0 radical (unpaired) electrons. The molecule has 9 heteroatoms. The second kappa shape index (κ2) is 16.7. The highest BCUT2D eigenvalue weighted by Gasteiger charge is 2.31. The number of piperidine rings is 1. The standard InChI is InChI=1S/C45H45N5O4/c46-42(51)39(26-29-13-16-32-7-1-4-10-36(32)23-29)48-44(53)41(28-31-15-18-34-9-3-6-12-38(34)25-31)50-45(54)40(49-43(52)35-19-21-47-22-20-35)27-30-14-17-33-8-2-5-11-37(33)24-30/h1-18,23-25,35,39-41,47H,19-22,26-28H2,(H2,46,51)(H,48,53)(H,49,52)(H,50,54)/t39-,40+,41+/m0/s1. The number of hydrogen-bond acceptors (Lipinski definition) is 5. The van der Waals surface area contributed by atoms with Gasteiger partial charge in [-0.1, -0.05) is 127 Å². The molecule has 1 aliphatic heterocycles. The van der Waals surface area contributed by atoms with Crippen LogP contribution in [0.2, 0.25) is 0 Å². The fourth-order valence-corrected chi connectivity index (χ4v) is 7.36. The van der Waals surface area contributed by atoms with Gasteiger partial charge in [0.25, 0.3) is 0 Å². The van der Waals surface area contributed by atoms with Crippen molar-refractivity contribution in [2.45, 2.75) is 50.2 Å². The summed E-state index contributed by atoms with van der Waals surface area (Å²) in [5.74, 6) is -2.12. The Morgan fingerprint density at radius 2 is 0.889 bits per heavy atom. The lowest BCUT2D eigenvalue weighted by molar-refractivity contribution is -0.134. The fourth-order valence-electron chi connectivity index (χ4n) is 7.36. The molecule has 7 rings (SSSR count). The largest absolute Gasteiger partial charge is 0.368 e. The number of amides is 4. The quantitative estimate of drug-likeness (QED) is 0.113. The zero-order valence-corrected chi connectivity index (χ0v) is 30.1. The number of primary amides is 1. The van der Waals surface area contributed by atoms with Crippen molar-refractivity contribution in [1.82, 2.24) is 21.3 Å². The molecule has 1 saturated heterocycles. The predicted octanol–water partition coefficient (Wildman–Crippen LogP) is 5.11. The molecule has 1 heterocycles. The molecule has 0 aromatic heterocycles. The first kappa shape index (κ1) is 36.3. The monoisotopic (exact) mass is 719 g/mol. The van der Waals surface area contributed by atoms with Gasteiger partial charge in [-0.05, 0) is 74.9 Å². The molecule has 274 valence electrons. The van der Waals surface area contributed by atoms with E-state index in [1.807, 2.05) is 127 Å². The number of fused-ring (bicyclic) bond motifs is 3. The van der Waals surface area contributed by atoms with Crippen LogP contribution in [0.3, 0.4) is 0 Å². The van der Waals surface area contributed by atoms with E-state index in [1.165, 1.54) is 0 Å². The number of nitrogens with two attached hydrogens (primary N) is 1. The van der Waals surface area contributed by atoms with Crippen molar-refractivity contribution < 1.29 is 19.2 Å². The van der Waals surface area contributed by atoms with E-state index < -0.39 is 35.8 Å². The molecule has 6 aromatic rings. The SMILES string of the molecule is NC(=O)[C@H](Cc1ccc2ccccc2c1)NC(=O)[C@@H](Cc1ccc2ccccc2c1)NC(=O)[C@@H](Cc1ccc2ccccc2c1)NC(=O)C1CCNCC1. The van der Waals surface area contributed by atoms with E-state index in [4.69, 9.17) is 5.73 Å². The summed E-state index contributed by atoms with van der Waals surface area (Å²) in [6.07, 6.45) is 1.90. The predicted molar refractivity (Wildman–Crippen MR) is 214 cm³/mol. The van der Waals surface area contributed by atoms with Crippen molar-refractivity contribution in [1.29, 1.82) is 0 Å². The molecule has 3 atom stereocenters. The summed E-state index contributed by atoms with van der Waals surface area (Å²) in [5.41, 5.74) is 8.40. The van der Waals surface area contributed by atoms with Crippen molar-refractivity contribution >= 4 is 55.9 Å².